The van der Waals surface area contributed by atoms with Gasteiger partial charge in [-0.25, -0.2) is 0 Å². The summed E-state index contributed by atoms with van der Waals surface area (Å²) in [7, 11) is 0. The fraction of sp³-hybridized carbons (Fsp3) is 0.188. The Kier molecular flexibility index (Phi) is 8.71. The Labute approximate surface area is 218 Å². The van der Waals surface area contributed by atoms with Crippen molar-refractivity contribution < 1.29 is 14.7 Å². The summed E-state index contributed by atoms with van der Waals surface area (Å²) in [6, 6.07) is 33.1. The quantitative estimate of drug-likeness (QED) is 0.217. The van der Waals surface area contributed by atoms with E-state index in [1.807, 2.05) is 97.1 Å². The van der Waals surface area contributed by atoms with Gasteiger partial charge < -0.3 is 10.8 Å². The van der Waals surface area contributed by atoms with Crippen molar-refractivity contribution in [2.75, 3.05) is 4.90 Å². The molecule has 3 N–H and O–H groups in total. The minimum atomic E-state index is -0.297. The van der Waals surface area contributed by atoms with Crippen LogP contribution in [0, 0.1) is 0 Å². The van der Waals surface area contributed by atoms with Crippen molar-refractivity contribution >= 4 is 23.2 Å². The van der Waals surface area contributed by atoms with Crippen LogP contribution in [-0.4, -0.2) is 16.9 Å². The van der Waals surface area contributed by atoms with Crippen molar-refractivity contribution in [3.63, 3.8) is 0 Å². The molecule has 4 aromatic rings. The lowest BCUT2D eigenvalue weighted by Gasteiger charge is -2.25. The van der Waals surface area contributed by atoms with Crippen LogP contribution in [0.15, 0.2) is 103 Å². The number of phenolic OH excluding ortho intramolecular Hbond substituents is 1. The summed E-state index contributed by atoms with van der Waals surface area (Å²) < 4.78 is 0. The highest BCUT2D eigenvalue weighted by Crippen LogP contribution is 2.38. The van der Waals surface area contributed by atoms with Gasteiger partial charge in [-0.1, -0.05) is 91.7 Å². The Bertz CT molecular complexity index is 1340. The van der Waals surface area contributed by atoms with E-state index in [1.165, 1.54) is 0 Å². The second-order valence-electron chi connectivity index (χ2n) is 9.10. The van der Waals surface area contributed by atoms with Crippen LogP contribution in [0.1, 0.15) is 38.5 Å². The van der Waals surface area contributed by atoms with Crippen LogP contribution in [0.25, 0.3) is 22.3 Å². The van der Waals surface area contributed by atoms with Crippen molar-refractivity contribution in [1.29, 1.82) is 0 Å². The molecule has 0 bridgehead atoms. The van der Waals surface area contributed by atoms with Gasteiger partial charge in [-0.2, -0.15) is 0 Å². The van der Waals surface area contributed by atoms with Gasteiger partial charge >= 0.3 is 0 Å². The summed E-state index contributed by atoms with van der Waals surface area (Å²) in [5.74, 6) is -0.352. The van der Waals surface area contributed by atoms with Crippen molar-refractivity contribution in [1.82, 2.24) is 0 Å². The molecule has 37 heavy (non-hydrogen) atoms. The van der Waals surface area contributed by atoms with E-state index in [9.17, 15) is 14.7 Å². The number of hydrogen-bond acceptors (Lipinski definition) is 3. The third kappa shape index (κ3) is 6.85. The van der Waals surface area contributed by atoms with Crippen LogP contribution >= 0.6 is 0 Å². The fourth-order valence-electron chi connectivity index (χ4n) is 4.43. The van der Waals surface area contributed by atoms with Gasteiger partial charge in [-0.3, -0.25) is 14.5 Å². The Morgan fingerprint density at radius 3 is 1.81 bits per heavy atom. The molecule has 5 nitrogen and oxygen atoms in total. The molecular formula is C32H32N2O3. The lowest BCUT2D eigenvalue weighted by Crippen LogP contribution is -2.25. The number of carbonyl (C=O) groups is 2. The molecule has 0 saturated heterocycles. The second kappa shape index (κ2) is 12.5. The number of benzene rings is 4. The zero-order valence-corrected chi connectivity index (χ0v) is 20.8. The summed E-state index contributed by atoms with van der Waals surface area (Å²) in [5.41, 5.74) is 10.3. The van der Waals surface area contributed by atoms with Gasteiger partial charge in [0.05, 0.1) is 5.69 Å². The van der Waals surface area contributed by atoms with E-state index in [0.29, 0.717) is 30.6 Å². The molecule has 0 aromatic heterocycles. The van der Waals surface area contributed by atoms with E-state index < -0.39 is 0 Å². The van der Waals surface area contributed by atoms with E-state index in [0.717, 1.165) is 41.5 Å². The van der Waals surface area contributed by atoms with E-state index in [1.54, 1.807) is 11.0 Å². The Balaban J connectivity index is 1.66. The molecule has 0 radical (unpaired) electrons. The maximum absolute atomic E-state index is 13.7. The predicted molar refractivity (Wildman–Crippen MR) is 149 cm³/mol. The highest BCUT2D eigenvalue weighted by molar-refractivity contribution is 6.03. The number of carbonyl (C=O) groups excluding carboxylic acids is 2. The molecule has 5 heteroatoms. The summed E-state index contributed by atoms with van der Waals surface area (Å²) in [6.07, 6.45) is 3.77. The molecular weight excluding hydrogens is 460 g/mol. The van der Waals surface area contributed by atoms with Gasteiger partial charge in [0.2, 0.25) is 11.8 Å². The zero-order valence-electron chi connectivity index (χ0n) is 20.8. The molecule has 0 atom stereocenters. The first kappa shape index (κ1) is 25.7. The molecule has 0 aliphatic rings. The number of amides is 2. The average molecular weight is 493 g/mol. The smallest absolute Gasteiger partial charge is 0.231 e. The molecule has 2 amide bonds. The maximum Gasteiger partial charge on any atom is 0.231 e. The average Bonchev–Trinajstić information content (AvgIpc) is 2.93. The number of nitrogens with zero attached hydrogens (tertiary/aromatic N) is 1. The molecule has 188 valence electrons. The molecule has 0 spiro atoms. The van der Waals surface area contributed by atoms with Gasteiger partial charge in [0.1, 0.15) is 5.75 Å². The van der Waals surface area contributed by atoms with Gasteiger partial charge in [-0.15, -0.1) is 0 Å². The Morgan fingerprint density at radius 1 is 0.622 bits per heavy atom. The van der Waals surface area contributed by atoms with E-state index in [-0.39, 0.29) is 17.6 Å². The standard InChI is InChI=1S/C32H32N2O3/c33-31(36)18-9-1-2-10-19-32(37)34(28-17-11-16-26(22-28)24-12-5-3-6-13-24)29-23-27(20-21-30(29)35)25-14-7-4-8-15-25/h3-8,11-17,20-23,35H,1-2,9-10,18-19H2,(H2,33,36). The normalized spacial score (nSPS) is 10.7. The predicted octanol–water partition coefficient (Wildman–Crippen LogP) is 7.22. The van der Waals surface area contributed by atoms with E-state index in [2.05, 4.69) is 0 Å². The lowest BCUT2D eigenvalue weighted by atomic mass is 10.0. The van der Waals surface area contributed by atoms with Crippen molar-refractivity contribution in [2.24, 2.45) is 5.73 Å². The maximum atomic E-state index is 13.7. The molecule has 0 aliphatic heterocycles. The second-order valence-corrected chi connectivity index (χ2v) is 9.10. The van der Waals surface area contributed by atoms with Gasteiger partial charge in [0, 0.05) is 18.5 Å². The number of nitrogens with two attached hydrogens (primary N) is 1. The molecule has 0 fully saturated rings. The molecule has 0 unspecified atom stereocenters. The zero-order chi connectivity index (χ0) is 26.0. The summed E-state index contributed by atoms with van der Waals surface area (Å²) in [6.45, 7) is 0. The number of aromatic hydroxyl groups is 1. The van der Waals surface area contributed by atoms with Crippen LogP contribution < -0.4 is 10.6 Å². The largest absolute Gasteiger partial charge is 0.506 e. The van der Waals surface area contributed by atoms with Gasteiger partial charge in [0.15, 0.2) is 0 Å². The number of rotatable bonds is 11. The van der Waals surface area contributed by atoms with E-state index in [4.69, 9.17) is 5.73 Å². The van der Waals surface area contributed by atoms with Gasteiger partial charge in [0.25, 0.3) is 0 Å². The molecule has 0 heterocycles. The molecule has 0 aliphatic carbocycles. The topological polar surface area (TPSA) is 83.6 Å². The number of unbranched alkanes of at least 4 members (excludes halogenated alkanes) is 3. The summed E-state index contributed by atoms with van der Waals surface area (Å²) in [4.78, 5) is 26.3. The Hall–Kier alpha value is -4.38. The van der Waals surface area contributed by atoms with Gasteiger partial charge in [-0.05, 0) is 59.4 Å². The Morgan fingerprint density at radius 2 is 1.19 bits per heavy atom. The van der Waals surface area contributed by atoms with Crippen LogP contribution in [0.3, 0.4) is 0 Å². The van der Waals surface area contributed by atoms with Crippen LogP contribution in [0.5, 0.6) is 5.75 Å². The third-order valence-electron chi connectivity index (χ3n) is 6.35. The van der Waals surface area contributed by atoms with Crippen molar-refractivity contribution in [2.45, 2.75) is 38.5 Å². The molecule has 0 saturated carbocycles. The van der Waals surface area contributed by atoms with Crippen molar-refractivity contribution in [3.8, 4) is 28.0 Å². The highest BCUT2D eigenvalue weighted by atomic mass is 16.3. The minimum Gasteiger partial charge on any atom is -0.506 e. The van der Waals surface area contributed by atoms with Crippen LogP contribution in [0.4, 0.5) is 11.4 Å². The summed E-state index contributed by atoms with van der Waals surface area (Å²) >= 11 is 0. The first-order chi connectivity index (χ1) is 18.0. The van der Waals surface area contributed by atoms with Crippen molar-refractivity contribution in [3.05, 3.63) is 103 Å². The van der Waals surface area contributed by atoms with Crippen LogP contribution in [0.2, 0.25) is 0 Å². The number of anilines is 2. The highest BCUT2D eigenvalue weighted by Gasteiger charge is 2.22. The number of hydrogen-bond donors (Lipinski definition) is 2. The van der Waals surface area contributed by atoms with Crippen LogP contribution in [-0.2, 0) is 9.59 Å². The first-order valence-electron chi connectivity index (χ1n) is 12.7. The number of primary amides is 1. The first-order valence-corrected chi connectivity index (χ1v) is 12.7. The molecule has 4 aromatic carbocycles. The monoisotopic (exact) mass is 492 g/mol. The lowest BCUT2D eigenvalue weighted by molar-refractivity contribution is -0.119. The fourth-order valence-corrected chi connectivity index (χ4v) is 4.43. The number of phenols is 1. The minimum absolute atomic E-state index is 0.0413. The SMILES string of the molecule is NC(=O)CCCCCCC(=O)N(c1cccc(-c2ccccc2)c1)c1cc(-c2ccccc2)ccc1O. The molecule has 4 rings (SSSR count). The third-order valence-corrected chi connectivity index (χ3v) is 6.35. The summed E-state index contributed by atoms with van der Waals surface area (Å²) in [5, 5.41) is 10.9. The van der Waals surface area contributed by atoms with E-state index >= 15 is 0 Å².